The molecule has 5 aromatic rings. The van der Waals surface area contributed by atoms with Crippen molar-refractivity contribution in [1.29, 1.82) is 0 Å². The van der Waals surface area contributed by atoms with Crippen LogP contribution in [0.15, 0.2) is 67.3 Å². The summed E-state index contributed by atoms with van der Waals surface area (Å²) in [5.74, 6) is 0.526. The number of morpholine rings is 1. The molecule has 3 aromatic heterocycles. The predicted molar refractivity (Wildman–Crippen MR) is 131 cm³/mol. The maximum Gasteiger partial charge on any atom is 0.254 e. The van der Waals surface area contributed by atoms with Crippen LogP contribution in [0.4, 0.5) is 11.5 Å². The number of carbonyl (C=O) groups excluding carboxylic acids is 1. The number of aliphatic hydroxyl groups is 1. The molecular formula is C25H23N7O3. The second-order valence-corrected chi connectivity index (χ2v) is 8.43. The number of fused-ring (bicyclic) bond motifs is 2. The summed E-state index contributed by atoms with van der Waals surface area (Å²) in [6.45, 7) is 1.21. The summed E-state index contributed by atoms with van der Waals surface area (Å²) in [7, 11) is 0. The number of anilines is 2. The molecule has 3 N–H and O–H groups in total. The average molecular weight is 470 g/mol. The Morgan fingerprint density at radius 1 is 1.23 bits per heavy atom. The molecule has 0 bridgehead atoms. The Bertz CT molecular complexity index is 1510. The van der Waals surface area contributed by atoms with Gasteiger partial charge in [0.25, 0.3) is 5.91 Å². The summed E-state index contributed by atoms with van der Waals surface area (Å²) in [6, 6.07) is 13.3. The van der Waals surface area contributed by atoms with Crippen molar-refractivity contribution in [1.82, 2.24) is 29.5 Å². The second kappa shape index (κ2) is 8.82. The van der Waals surface area contributed by atoms with Gasteiger partial charge < -0.3 is 24.5 Å². The molecule has 1 atom stereocenters. The van der Waals surface area contributed by atoms with E-state index < -0.39 is 0 Å². The lowest BCUT2D eigenvalue weighted by Gasteiger charge is -2.32. The fraction of sp³-hybridized carbons (Fsp3) is 0.200. The molecule has 0 spiro atoms. The Labute approximate surface area is 200 Å². The molecule has 0 saturated carbocycles. The quantitative estimate of drug-likeness (QED) is 0.362. The highest BCUT2D eigenvalue weighted by Gasteiger charge is 2.24. The molecule has 0 aliphatic carbocycles. The SMILES string of the molecule is O=C(c1ccc(Nc2nc(-c3ccc4cn[nH]c4c3)cn3ccnc23)cc1)N1CCOC(CO)C1. The first-order valence-corrected chi connectivity index (χ1v) is 11.3. The number of aromatic amines is 1. The molecule has 1 fully saturated rings. The highest BCUT2D eigenvalue weighted by molar-refractivity contribution is 5.94. The van der Waals surface area contributed by atoms with Crippen molar-refractivity contribution in [3.8, 4) is 11.3 Å². The molecule has 1 saturated heterocycles. The monoisotopic (exact) mass is 469 g/mol. The topological polar surface area (TPSA) is 121 Å². The van der Waals surface area contributed by atoms with E-state index in [1.807, 2.05) is 47.1 Å². The highest BCUT2D eigenvalue weighted by atomic mass is 16.5. The van der Waals surface area contributed by atoms with E-state index in [1.165, 1.54) is 0 Å². The number of ether oxygens (including phenoxy) is 1. The Hall–Kier alpha value is -4.28. The summed E-state index contributed by atoms with van der Waals surface area (Å²) in [5, 5.41) is 20.8. The summed E-state index contributed by atoms with van der Waals surface area (Å²) in [4.78, 5) is 23.9. The van der Waals surface area contributed by atoms with Crippen molar-refractivity contribution >= 4 is 34.0 Å². The van der Waals surface area contributed by atoms with Crippen LogP contribution in [0, 0.1) is 0 Å². The molecular weight excluding hydrogens is 446 g/mol. The molecule has 0 radical (unpaired) electrons. The summed E-state index contributed by atoms with van der Waals surface area (Å²) in [6.07, 6.45) is 7.00. The van der Waals surface area contributed by atoms with Gasteiger partial charge in [0.2, 0.25) is 0 Å². The molecule has 1 aliphatic rings. The number of imidazole rings is 1. The number of nitrogens with one attached hydrogen (secondary N) is 2. The van der Waals surface area contributed by atoms with Gasteiger partial charge in [0.05, 0.1) is 36.7 Å². The van der Waals surface area contributed by atoms with Crippen LogP contribution < -0.4 is 5.32 Å². The van der Waals surface area contributed by atoms with Crippen molar-refractivity contribution in [2.24, 2.45) is 0 Å². The maximum atomic E-state index is 12.9. The molecule has 4 heterocycles. The van der Waals surface area contributed by atoms with Gasteiger partial charge in [-0.05, 0) is 30.3 Å². The number of hydrogen-bond donors (Lipinski definition) is 3. The molecule has 1 amide bonds. The number of nitrogens with zero attached hydrogens (tertiary/aromatic N) is 5. The zero-order valence-corrected chi connectivity index (χ0v) is 18.8. The van der Waals surface area contributed by atoms with E-state index in [1.54, 1.807) is 29.4 Å². The van der Waals surface area contributed by atoms with Gasteiger partial charge in [0.1, 0.15) is 0 Å². The number of hydrogen-bond acceptors (Lipinski definition) is 7. The first-order chi connectivity index (χ1) is 17.2. The first kappa shape index (κ1) is 21.3. The standard InChI is InChI=1S/C25H23N7O3/c33-15-20-13-32(9-10-35-20)25(34)16-3-5-19(6-4-16)28-23-24-26-7-8-31(24)14-22(29-23)17-1-2-18-12-27-30-21(18)11-17/h1-8,11-12,14,20,33H,9-10,13,15H2,(H,27,30)(H,28,29). The molecule has 2 aromatic carbocycles. The van der Waals surface area contributed by atoms with Crippen LogP contribution in [0.25, 0.3) is 27.8 Å². The number of benzene rings is 2. The second-order valence-electron chi connectivity index (χ2n) is 8.43. The van der Waals surface area contributed by atoms with Crippen LogP contribution in [0.3, 0.4) is 0 Å². The molecule has 1 unspecified atom stereocenters. The fourth-order valence-electron chi connectivity index (χ4n) is 4.28. The smallest absolute Gasteiger partial charge is 0.254 e. The lowest BCUT2D eigenvalue weighted by Crippen LogP contribution is -2.46. The first-order valence-electron chi connectivity index (χ1n) is 11.3. The Balaban J connectivity index is 1.26. The van der Waals surface area contributed by atoms with Crippen LogP contribution in [0.2, 0.25) is 0 Å². The van der Waals surface area contributed by atoms with Crippen LogP contribution in [0.1, 0.15) is 10.4 Å². The third-order valence-electron chi connectivity index (χ3n) is 6.14. The van der Waals surface area contributed by atoms with Crippen molar-refractivity contribution in [2.45, 2.75) is 6.10 Å². The van der Waals surface area contributed by atoms with Crippen molar-refractivity contribution < 1.29 is 14.6 Å². The van der Waals surface area contributed by atoms with Gasteiger partial charge in [0.15, 0.2) is 11.5 Å². The number of aliphatic hydroxyl groups excluding tert-OH is 1. The van der Waals surface area contributed by atoms with Gasteiger partial charge in [-0.2, -0.15) is 5.10 Å². The number of amides is 1. The highest BCUT2D eigenvalue weighted by Crippen LogP contribution is 2.27. The fourth-order valence-corrected chi connectivity index (χ4v) is 4.28. The minimum absolute atomic E-state index is 0.0803. The van der Waals surface area contributed by atoms with E-state index in [-0.39, 0.29) is 18.6 Å². The van der Waals surface area contributed by atoms with Gasteiger partial charge in [0, 0.05) is 53.9 Å². The Morgan fingerprint density at radius 3 is 2.97 bits per heavy atom. The van der Waals surface area contributed by atoms with Gasteiger partial charge in [-0.25, -0.2) is 9.97 Å². The van der Waals surface area contributed by atoms with E-state index in [0.29, 0.717) is 36.7 Å². The number of aromatic nitrogens is 5. The minimum atomic E-state index is -0.335. The van der Waals surface area contributed by atoms with E-state index in [4.69, 9.17) is 9.72 Å². The van der Waals surface area contributed by atoms with Gasteiger partial charge in [-0.3, -0.25) is 9.89 Å². The maximum absolute atomic E-state index is 12.9. The lowest BCUT2D eigenvalue weighted by atomic mass is 10.1. The molecule has 10 nitrogen and oxygen atoms in total. The van der Waals surface area contributed by atoms with E-state index in [9.17, 15) is 9.90 Å². The van der Waals surface area contributed by atoms with Crippen molar-refractivity contribution in [3.63, 3.8) is 0 Å². The Kier molecular flexibility index (Phi) is 5.36. The van der Waals surface area contributed by atoms with Gasteiger partial charge in [-0.1, -0.05) is 12.1 Å². The van der Waals surface area contributed by atoms with Crippen LogP contribution in [0.5, 0.6) is 0 Å². The van der Waals surface area contributed by atoms with Crippen LogP contribution in [-0.2, 0) is 4.74 Å². The predicted octanol–water partition coefficient (Wildman–Crippen LogP) is 2.85. The summed E-state index contributed by atoms with van der Waals surface area (Å²) in [5.41, 5.74) is 4.74. The number of carbonyl (C=O) groups is 1. The van der Waals surface area contributed by atoms with E-state index in [2.05, 4.69) is 20.5 Å². The number of rotatable bonds is 5. The minimum Gasteiger partial charge on any atom is -0.394 e. The third kappa shape index (κ3) is 4.09. The zero-order valence-electron chi connectivity index (χ0n) is 18.8. The molecule has 1 aliphatic heterocycles. The van der Waals surface area contributed by atoms with E-state index >= 15 is 0 Å². The molecule has 176 valence electrons. The van der Waals surface area contributed by atoms with Gasteiger partial charge >= 0.3 is 0 Å². The molecule has 6 rings (SSSR count). The van der Waals surface area contributed by atoms with Crippen molar-refractivity contribution in [3.05, 3.63) is 72.8 Å². The summed E-state index contributed by atoms with van der Waals surface area (Å²) < 4.78 is 7.37. The van der Waals surface area contributed by atoms with Gasteiger partial charge in [-0.15, -0.1) is 0 Å². The largest absolute Gasteiger partial charge is 0.394 e. The van der Waals surface area contributed by atoms with Crippen LogP contribution in [-0.4, -0.2) is 72.9 Å². The third-order valence-corrected chi connectivity index (χ3v) is 6.14. The average Bonchev–Trinajstić information content (AvgIpc) is 3.58. The number of H-pyrrole nitrogens is 1. The summed E-state index contributed by atoms with van der Waals surface area (Å²) >= 11 is 0. The van der Waals surface area contributed by atoms with E-state index in [0.717, 1.165) is 27.8 Å². The van der Waals surface area contributed by atoms with Crippen molar-refractivity contribution in [2.75, 3.05) is 31.6 Å². The zero-order chi connectivity index (χ0) is 23.8. The normalized spacial score (nSPS) is 16.1. The van der Waals surface area contributed by atoms with Crippen LogP contribution >= 0.6 is 0 Å². The molecule has 35 heavy (non-hydrogen) atoms. The molecule has 10 heteroatoms. The lowest BCUT2D eigenvalue weighted by molar-refractivity contribution is -0.0447. The Morgan fingerprint density at radius 2 is 2.11 bits per heavy atom.